The van der Waals surface area contributed by atoms with Crippen LogP contribution in [0, 0.1) is 5.82 Å². The Labute approximate surface area is 164 Å². The number of hydrogen-bond acceptors (Lipinski definition) is 7. The van der Waals surface area contributed by atoms with Gasteiger partial charge in [0.25, 0.3) is 5.91 Å². The molecule has 0 saturated carbocycles. The number of ether oxygens (including phenoxy) is 3. The normalized spacial score (nSPS) is 9.86. The summed E-state index contributed by atoms with van der Waals surface area (Å²) in [5, 5.41) is 4.04. The van der Waals surface area contributed by atoms with Gasteiger partial charge in [-0.05, 0) is 30.3 Å². The highest BCUT2D eigenvalue weighted by Crippen LogP contribution is 2.27. The van der Waals surface area contributed by atoms with Gasteiger partial charge in [0.1, 0.15) is 12.1 Å². The van der Waals surface area contributed by atoms with Gasteiger partial charge in [-0.3, -0.25) is 14.9 Å². The molecular weight excluding hydrogens is 387 g/mol. The van der Waals surface area contributed by atoms with E-state index in [4.69, 9.17) is 14.2 Å². The van der Waals surface area contributed by atoms with Gasteiger partial charge in [-0.2, -0.15) is 0 Å². The first kappa shape index (κ1) is 21.4. The molecule has 9 nitrogen and oxygen atoms in total. The third-order valence-electron chi connectivity index (χ3n) is 3.41. The second-order valence-electron chi connectivity index (χ2n) is 5.46. The van der Waals surface area contributed by atoms with Gasteiger partial charge in [0.05, 0.1) is 12.8 Å². The van der Waals surface area contributed by atoms with E-state index in [9.17, 15) is 23.6 Å². The molecule has 10 heteroatoms. The molecule has 0 aliphatic carbocycles. The van der Waals surface area contributed by atoms with Crippen LogP contribution in [-0.4, -0.2) is 44.5 Å². The first-order chi connectivity index (χ1) is 13.9. The lowest BCUT2D eigenvalue weighted by atomic mass is 10.2. The van der Waals surface area contributed by atoms with Crippen LogP contribution in [0.4, 0.5) is 14.9 Å². The number of rotatable bonds is 8. The number of benzene rings is 2. The zero-order valence-electron chi connectivity index (χ0n) is 15.3. The summed E-state index contributed by atoms with van der Waals surface area (Å²) in [5.41, 5.74) is 0.250. The average Bonchev–Trinajstić information content (AvgIpc) is 2.72. The number of carbonyl (C=O) groups excluding carboxylic acids is 4. The number of para-hydroxylation sites is 1. The Bertz CT molecular complexity index is 917. The molecule has 3 amide bonds. The second kappa shape index (κ2) is 10.4. The fourth-order valence-electron chi connectivity index (χ4n) is 2.08. The zero-order chi connectivity index (χ0) is 21.2. The van der Waals surface area contributed by atoms with E-state index < -0.39 is 36.9 Å². The molecule has 0 fully saturated rings. The molecule has 2 N–H and O–H groups in total. The van der Waals surface area contributed by atoms with Crippen molar-refractivity contribution in [3.63, 3.8) is 0 Å². The smallest absolute Gasteiger partial charge is 0.344 e. The van der Waals surface area contributed by atoms with E-state index >= 15 is 0 Å². The lowest BCUT2D eigenvalue weighted by Crippen LogP contribution is -2.37. The maximum Gasteiger partial charge on any atom is 0.344 e. The molecule has 0 aliphatic rings. The molecular formula is C19H17FN2O7. The summed E-state index contributed by atoms with van der Waals surface area (Å²) in [4.78, 5) is 45.7. The summed E-state index contributed by atoms with van der Waals surface area (Å²) in [6, 6.07) is 8.75. The van der Waals surface area contributed by atoms with Crippen LogP contribution in [0.25, 0.3) is 0 Å². The largest absolute Gasteiger partial charge is 0.493 e. The highest BCUT2D eigenvalue weighted by Gasteiger charge is 2.14. The number of methoxy groups -OCH3 is 1. The van der Waals surface area contributed by atoms with Crippen molar-refractivity contribution in [1.29, 1.82) is 0 Å². The number of anilines is 1. The Hall–Kier alpha value is -3.95. The van der Waals surface area contributed by atoms with E-state index in [0.29, 0.717) is 11.8 Å². The summed E-state index contributed by atoms with van der Waals surface area (Å²) in [5.74, 6) is -2.03. The predicted octanol–water partition coefficient (Wildman–Crippen LogP) is 1.92. The zero-order valence-corrected chi connectivity index (χ0v) is 15.3. The van der Waals surface area contributed by atoms with Gasteiger partial charge in [0.2, 0.25) is 0 Å². The van der Waals surface area contributed by atoms with Crippen LogP contribution in [0.2, 0.25) is 0 Å². The number of hydrogen-bond donors (Lipinski definition) is 2. The van der Waals surface area contributed by atoms with Crippen LogP contribution in [0.15, 0.2) is 42.5 Å². The van der Waals surface area contributed by atoms with Crippen molar-refractivity contribution >= 4 is 29.9 Å². The van der Waals surface area contributed by atoms with E-state index in [2.05, 4.69) is 5.32 Å². The van der Waals surface area contributed by atoms with Crippen LogP contribution in [0.1, 0.15) is 10.4 Å². The minimum Gasteiger partial charge on any atom is -0.493 e. The molecule has 0 unspecified atom stereocenters. The predicted molar refractivity (Wildman–Crippen MR) is 98.4 cm³/mol. The topological polar surface area (TPSA) is 120 Å². The first-order valence-corrected chi connectivity index (χ1v) is 8.20. The minimum absolute atomic E-state index is 0.113. The Morgan fingerprint density at radius 3 is 2.52 bits per heavy atom. The van der Waals surface area contributed by atoms with Crippen molar-refractivity contribution in [2.75, 3.05) is 25.6 Å². The maximum atomic E-state index is 13.4. The van der Waals surface area contributed by atoms with E-state index in [-0.39, 0.29) is 17.2 Å². The van der Waals surface area contributed by atoms with Crippen molar-refractivity contribution in [3.05, 3.63) is 53.8 Å². The molecule has 0 aliphatic heterocycles. The third-order valence-corrected chi connectivity index (χ3v) is 3.41. The highest BCUT2D eigenvalue weighted by molar-refractivity contribution is 6.01. The standard InChI is InChI=1S/C19H17FN2O7/c1-27-16-8-12(9-23)6-7-15(16)28-11-18(25)29-10-17(24)22-19(26)21-14-5-3-2-4-13(14)20/h2-9H,10-11H2,1H3,(H2,21,22,24,26). The molecule has 0 heterocycles. The third kappa shape index (κ3) is 6.61. The number of carbonyl (C=O) groups is 4. The van der Waals surface area contributed by atoms with Crippen molar-refractivity contribution < 1.29 is 37.8 Å². The Morgan fingerprint density at radius 2 is 1.83 bits per heavy atom. The molecule has 2 aromatic carbocycles. The Balaban J connectivity index is 1.76. The van der Waals surface area contributed by atoms with Crippen molar-refractivity contribution in [2.24, 2.45) is 0 Å². The van der Waals surface area contributed by atoms with Crippen LogP contribution in [0.5, 0.6) is 11.5 Å². The van der Waals surface area contributed by atoms with Gasteiger partial charge in [0.15, 0.2) is 24.7 Å². The number of imide groups is 1. The van der Waals surface area contributed by atoms with E-state index in [0.717, 1.165) is 6.07 Å². The first-order valence-electron chi connectivity index (χ1n) is 8.20. The Kier molecular flexibility index (Phi) is 7.66. The number of halogens is 1. The lowest BCUT2D eigenvalue weighted by molar-refractivity contribution is -0.150. The molecule has 0 radical (unpaired) electrons. The molecule has 0 aromatic heterocycles. The number of esters is 1. The Morgan fingerprint density at radius 1 is 1.07 bits per heavy atom. The molecule has 0 saturated heterocycles. The van der Waals surface area contributed by atoms with Crippen molar-refractivity contribution in [2.45, 2.75) is 0 Å². The van der Waals surface area contributed by atoms with Crippen LogP contribution in [0.3, 0.4) is 0 Å². The second-order valence-corrected chi connectivity index (χ2v) is 5.46. The van der Waals surface area contributed by atoms with Gasteiger partial charge in [0, 0.05) is 5.56 Å². The number of aldehydes is 1. The van der Waals surface area contributed by atoms with Gasteiger partial charge in [-0.1, -0.05) is 12.1 Å². The summed E-state index contributed by atoms with van der Waals surface area (Å²) in [6.45, 7) is -1.28. The van der Waals surface area contributed by atoms with E-state index in [1.54, 1.807) is 0 Å². The van der Waals surface area contributed by atoms with E-state index in [1.807, 2.05) is 5.32 Å². The summed E-state index contributed by atoms with van der Waals surface area (Å²) >= 11 is 0. The molecule has 2 rings (SSSR count). The summed E-state index contributed by atoms with van der Waals surface area (Å²) < 4.78 is 28.4. The molecule has 0 atom stereocenters. The fourth-order valence-corrected chi connectivity index (χ4v) is 2.08. The van der Waals surface area contributed by atoms with Gasteiger partial charge in [-0.25, -0.2) is 14.0 Å². The summed E-state index contributed by atoms with van der Waals surface area (Å²) in [6.07, 6.45) is 0.626. The van der Waals surface area contributed by atoms with E-state index in [1.165, 1.54) is 43.5 Å². The van der Waals surface area contributed by atoms with Crippen LogP contribution >= 0.6 is 0 Å². The number of urea groups is 1. The fraction of sp³-hybridized carbons (Fsp3) is 0.158. The van der Waals surface area contributed by atoms with Gasteiger partial charge in [-0.15, -0.1) is 0 Å². The molecule has 152 valence electrons. The molecule has 0 bridgehead atoms. The van der Waals surface area contributed by atoms with Crippen molar-refractivity contribution in [1.82, 2.24) is 5.32 Å². The lowest BCUT2D eigenvalue weighted by Gasteiger charge is -2.11. The van der Waals surface area contributed by atoms with Crippen molar-refractivity contribution in [3.8, 4) is 11.5 Å². The molecule has 2 aromatic rings. The number of amides is 3. The SMILES string of the molecule is COc1cc(C=O)ccc1OCC(=O)OCC(=O)NC(=O)Nc1ccccc1F. The molecule has 0 spiro atoms. The average molecular weight is 404 g/mol. The molecule has 29 heavy (non-hydrogen) atoms. The number of nitrogens with one attached hydrogen (secondary N) is 2. The minimum atomic E-state index is -0.979. The highest BCUT2D eigenvalue weighted by atomic mass is 19.1. The monoisotopic (exact) mass is 404 g/mol. The van der Waals surface area contributed by atoms with Crippen LogP contribution < -0.4 is 20.1 Å². The maximum absolute atomic E-state index is 13.4. The quantitative estimate of drug-likeness (QED) is 0.509. The van der Waals surface area contributed by atoms with Crippen LogP contribution in [-0.2, 0) is 14.3 Å². The van der Waals surface area contributed by atoms with Gasteiger partial charge < -0.3 is 19.5 Å². The van der Waals surface area contributed by atoms with Gasteiger partial charge >= 0.3 is 12.0 Å². The summed E-state index contributed by atoms with van der Waals surface area (Å²) in [7, 11) is 1.37.